The molecular weight excluding hydrogens is 322 g/mol. The standard InChI is InChI=1S/C17H21N5OS/c1-2-20-5-7-21(8-6-20)17-18-10-14-15(19-17)12-22(16(14)23)11-13-4-3-9-24-13/h3-4,9-10H,2,5-8,11-12H2,1H3. The van der Waals surface area contributed by atoms with Crippen LogP contribution >= 0.6 is 11.3 Å². The van der Waals surface area contributed by atoms with Gasteiger partial charge in [0.2, 0.25) is 5.95 Å². The highest BCUT2D eigenvalue weighted by Gasteiger charge is 2.30. The van der Waals surface area contributed by atoms with Crippen molar-refractivity contribution in [3.63, 3.8) is 0 Å². The second kappa shape index (κ2) is 6.49. The van der Waals surface area contributed by atoms with Gasteiger partial charge in [0.25, 0.3) is 5.91 Å². The van der Waals surface area contributed by atoms with Crippen molar-refractivity contribution in [3.05, 3.63) is 39.8 Å². The SMILES string of the molecule is CCN1CCN(c2ncc3c(n2)CN(Cc2cccs2)C3=O)CC1. The Balaban J connectivity index is 1.48. The van der Waals surface area contributed by atoms with Crippen molar-refractivity contribution in [3.8, 4) is 0 Å². The Kier molecular flexibility index (Phi) is 4.20. The van der Waals surface area contributed by atoms with Crippen molar-refractivity contribution < 1.29 is 4.79 Å². The molecule has 2 aromatic rings. The smallest absolute Gasteiger partial charge is 0.258 e. The van der Waals surface area contributed by atoms with E-state index in [1.165, 1.54) is 4.88 Å². The average molecular weight is 343 g/mol. The van der Waals surface area contributed by atoms with Crippen molar-refractivity contribution in [2.75, 3.05) is 37.6 Å². The molecule has 0 saturated carbocycles. The molecule has 0 atom stereocenters. The van der Waals surface area contributed by atoms with Crippen LogP contribution in [0.15, 0.2) is 23.7 Å². The number of carbonyl (C=O) groups is 1. The van der Waals surface area contributed by atoms with Crippen LogP contribution in [0.3, 0.4) is 0 Å². The molecule has 0 N–H and O–H groups in total. The van der Waals surface area contributed by atoms with Gasteiger partial charge in [0.1, 0.15) is 0 Å². The number of likely N-dealkylation sites (N-methyl/N-ethyl adjacent to an activating group) is 1. The van der Waals surface area contributed by atoms with Crippen LogP contribution in [-0.2, 0) is 13.1 Å². The van der Waals surface area contributed by atoms with Crippen molar-refractivity contribution in [1.82, 2.24) is 19.8 Å². The number of anilines is 1. The van der Waals surface area contributed by atoms with Crippen LogP contribution in [0.5, 0.6) is 0 Å². The topological polar surface area (TPSA) is 52.6 Å². The van der Waals surface area contributed by atoms with Gasteiger partial charge in [-0.2, -0.15) is 0 Å². The number of nitrogens with zero attached hydrogens (tertiary/aromatic N) is 5. The molecule has 24 heavy (non-hydrogen) atoms. The van der Waals surface area contributed by atoms with Crippen molar-refractivity contribution in [1.29, 1.82) is 0 Å². The number of fused-ring (bicyclic) bond motifs is 1. The molecular formula is C17H21N5OS. The van der Waals surface area contributed by atoms with E-state index in [1.807, 2.05) is 16.3 Å². The molecule has 1 amide bonds. The van der Waals surface area contributed by atoms with Crippen LogP contribution in [0.4, 0.5) is 5.95 Å². The zero-order valence-electron chi connectivity index (χ0n) is 13.8. The molecule has 0 unspecified atom stereocenters. The van der Waals surface area contributed by atoms with Gasteiger partial charge in [0.05, 0.1) is 24.3 Å². The van der Waals surface area contributed by atoms with Crippen LogP contribution in [0.1, 0.15) is 27.9 Å². The number of amides is 1. The quantitative estimate of drug-likeness (QED) is 0.848. The van der Waals surface area contributed by atoms with Crippen molar-refractivity contribution in [2.24, 2.45) is 0 Å². The molecule has 4 heterocycles. The summed E-state index contributed by atoms with van der Waals surface area (Å²) in [6.45, 7) is 8.48. The van der Waals surface area contributed by atoms with E-state index in [0.717, 1.165) is 44.4 Å². The molecule has 0 spiro atoms. The lowest BCUT2D eigenvalue weighted by molar-refractivity contribution is 0.0767. The lowest BCUT2D eigenvalue weighted by Gasteiger charge is -2.34. The molecule has 0 aliphatic carbocycles. The number of hydrogen-bond donors (Lipinski definition) is 0. The Labute approximate surface area is 145 Å². The normalized spacial score (nSPS) is 18.3. The first-order valence-electron chi connectivity index (χ1n) is 8.39. The average Bonchev–Trinajstić information content (AvgIpc) is 3.24. The third-order valence-corrected chi connectivity index (χ3v) is 5.60. The molecule has 1 fully saturated rings. The Bertz CT molecular complexity index is 725. The molecule has 6 nitrogen and oxygen atoms in total. The lowest BCUT2D eigenvalue weighted by atomic mass is 10.2. The van der Waals surface area contributed by atoms with E-state index >= 15 is 0 Å². The predicted octanol–water partition coefficient (Wildman–Crippen LogP) is 1.84. The summed E-state index contributed by atoms with van der Waals surface area (Å²) in [7, 11) is 0. The fourth-order valence-electron chi connectivity index (χ4n) is 3.26. The Morgan fingerprint density at radius 1 is 1.25 bits per heavy atom. The highest BCUT2D eigenvalue weighted by Crippen LogP contribution is 2.25. The second-order valence-electron chi connectivity index (χ2n) is 6.19. The number of rotatable bonds is 4. The van der Waals surface area contributed by atoms with Crippen molar-refractivity contribution in [2.45, 2.75) is 20.0 Å². The molecule has 4 rings (SSSR count). The molecule has 2 aliphatic rings. The number of thiophene rings is 1. The van der Waals surface area contributed by atoms with Crippen LogP contribution in [-0.4, -0.2) is 58.4 Å². The first-order valence-corrected chi connectivity index (χ1v) is 9.27. The highest BCUT2D eigenvalue weighted by atomic mass is 32.1. The maximum atomic E-state index is 12.5. The summed E-state index contributed by atoms with van der Waals surface area (Å²) >= 11 is 1.68. The van der Waals surface area contributed by atoms with Gasteiger partial charge in [-0.1, -0.05) is 13.0 Å². The number of carbonyl (C=O) groups excluding carboxylic acids is 1. The fourth-order valence-corrected chi connectivity index (χ4v) is 3.98. The Hall–Kier alpha value is -1.99. The summed E-state index contributed by atoms with van der Waals surface area (Å²) < 4.78 is 0. The van der Waals surface area contributed by atoms with Gasteiger partial charge < -0.3 is 14.7 Å². The van der Waals surface area contributed by atoms with E-state index in [2.05, 4.69) is 27.8 Å². The minimum absolute atomic E-state index is 0.0424. The van der Waals surface area contributed by atoms with Gasteiger partial charge in [-0.3, -0.25) is 4.79 Å². The molecule has 2 aromatic heterocycles. The summed E-state index contributed by atoms with van der Waals surface area (Å²) in [4.78, 5) is 29.4. The minimum Gasteiger partial charge on any atom is -0.338 e. The fraction of sp³-hybridized carbons (Fsp3) is 0.471. The number of piperazine rings is 1. The summed E-state index contributed by atoms with van der Waals surface area (Å²) in [5.74, 6) is 0.802. The Morgan fingerprint density at radius 2 is 2.08 bits per heavy atom. The van der Waals surface area contributed by atoms with E-state index in [0.29, 0.717) is 18.7 Å². The van der Waals surface area contributed by atoms with Crippen LogP contribution in [0.2, 0.25) is 0 Å². The lowest BCUT2D eigenvalue weighted by Crippen LogP contribution is -2.46. The molecule has 0 bridgehead atoms. The zero-order chi connectivity index (χ0) is 16.5. The van der Waals surface area contributed by atoms with Crippen LogP contribution in [0.25, 0.3) is 0 Å². The highest BCUT2D eigenvalue weighted by molar-refractivity contribution is 7.09. The monoisotopic (exact) mass is 343 g/mol. The van der Waals surface area contributed by atoms with E-state index in [9.17, 15) is 4.79 Å². The molecule has 2 aliphatic heterocycles. The van der Waals surface area contributed by atoms with Gasteiger partial charge in [-0.25, -0.2) is 9.97 Å². The maximum Gasteiger partial charge on any atom is 0.258 e. The summed E-state index contributed by atoms with van der Waals surface area (Å²) in [6, 6.07) is 4.08. The van der Waals surface area contributed by atoms with Crippen LogP contribution in [0, 0.1) is 0 Å². The van der Waals surface area contributed by atoms with Gasteiger partial charge in [-0.05, 0) is 18.0 Å². The van der Waals surface area contributed by atoms with Gasteiger partial charge >= 0.3 is 0 Å². The largest absolute Gasteiger partial charge is 0.338 e. The van der Waals surface area contributed by atoms with Crippen LogP contribution < -0.4 is 4.90 Å². The number of hydrogen-bond acceptors (Lipinski definition) is 6. The number of aromatic nitrogens is 2. The van der Waals surface area contributed by atoms with Gasteiger partial charge in [0, 0.05) is 37.3 Å². The summed E-state index contributed by atoms with van der Waals surface area (Å²) in [5, 5.41) is 2.04. The van der Waals surface area contributed by atoms with Gasteiger partial charge in [-0.15, -0.1) is 11.3 Å². The first kappa shape index (κ1) is 15.5. The molecule has 7 heteroatoms. The molecule has 126 valence electrons. The zero-order valence-corrected chi connectivity index (χ0v) is 14.6. The molecule has 0 radical (unpaired) electrons. The minimum atomic E-state index is 0.0424. The van der Waals surface area contributed by atoms with Gasteiger partial charge in [0.15, 0.2) is 0 Å². The van der Waals surface area contributed by atoms with E-state index in [4.69, 9.17) is 4.98 Å². The molecule has 1 saturated heterocycles. The predicted molar refractivity (Wildman–Crippen MR) is 94.3 cm³/mol. The first-order chi connectivity index (χ1) is 11.7. The van der Waals surface area contributed by atoms with Crippen molar-refractivity contribution >= 4 is 23.2 Å². The summed E-state index contributed by atoms with van der Waals surface area (Å²) in [5.41, 5.74) is 1.52. The van der Waals surface area contributed by atoms with E-state index in [-0.39, 0.29) is 5.91 Å². The Morgan fingerprint density at radius 3 is 2.79 bits per heavy atom. The van der Waals surface area contributed by atoms with E-state index in [1.54, 1.807) is 17.5 Å². The molecule has 0 aromatic carbocycles. The van der Waals surface area contributed by atoms with E-state index < -0.39 is 0 Å². The third-order valence-electron chi connectivity index (χ3n) is 4.74. The summed E-state index contributed by atoms with van der Waals surface area (Å²) in [6.07, 6.45) is 1.71. The maximum absolute atomic E-state index is 12.5. The third kappa shape index (κ3) is 2.89. The second-order valence-corrected chi connectivity index (χ2v) is 7.22.